The van der Waals surface area contributed by atoms with Crippen molar-refractivity contribution in [1.82, 2.24) is 5.32 Å². The summed E-state index contributed by atoms with van der Waals surface area (Å²) >= 11 is 0. The zero-order valence-electron chi connectivity index (χ0n) is 9.85. The molecule has 0 aromatic carbocycles. The summed E-state index contributed by atoms with van der Waals surface area (Å²) in [7, 11) is 0. The quantitative estimate of drug-likeness (QED) is 0.604. The van der Waals surface area contributed by atoms with Crippen molar-refractivity contribution in [2.75, 3.05) is 13.2 Å². The summed E-state index contributed by atoms with van der Waals surface area (Å²) in [5.74, 6) is -0.634. The van der Waals surface area contributed by atoms with Crippen molar-refractivity contribution in [3.05, 3.63) is 0 Å². The van der Waals surface area contributed by atoms with Crippen molar-refractivity contribution < 1.29 is 19.7 Å². The number of piperidine rings is 1. The van der Waals surface area contributed by atoms with Gasteiger partial charge in [-0.25, -0.2) is 0 Å². The van der Waals surface area contributed by atoms with Crippen LogP contribution in [0, 0.1) is 0 Å². The first-order chi connectivity index (χ1) is 7.49. The number of hydrogen-bond donors (Lipinski definition) is 3. The van der Waals surface area contributed by atoms with Crippen LogP contribution in [-0.2, 0) is 9.47 Å². The molecule has 0 aromatic rings. The van der Waals surface area contributed by atoms with Gasteiger partial charge in [-0.1, -0.05) is 0 Å². The Hall–Kier alpha value is -0.200. The maximum absolute atomic E-state index is 10.1. The van der Waals surface area contributed by atoms with E-state index in [0.29, 0.717) is 6.61 Å². The van der Waals surface area contributed by atoms with E-state index >= 15 is 0 Å². The van der Waals surface area contributed by atoms with Crippen LogP contribution >= 0.6 is 0 Å². The van der Waals surface area contributed by atoms with E-state index in [4.69, 9.17) is 9.47 Å². The number of aliphatic hydroxyl groups is 2. The molecule has 4 atom stereocenters. The van der Waals surface area contributed by atoms with Gasteiger partial charge in [-0.2, -0.15) is 0 Å². The van der Waals surface area contributed by atoms with E-state index in [1.165, 1.54) is 0 Å². The fourth-order valence-electron chi connectivity index (χ4n) is 2.36. The fourth-order valence-corrected chi connectivity index (χ4v) is 2.36. The normalized spacial score (nSPS) is 40.9. The van der Waals surface area contributed by atoms with Crippen LogP contribution < -0.4 is 5.32 Å². The predicted octanol–water partition coefficient (Wildman–Crippen LogP) is -0.388. The summed E-state index contributed by atoms with van der Waals surface area (Å²) in [6.07, 6.45) is 0.0808. The maximum atomic E-state index is 10.1. The predicted molar refractivity (Wildman–Crippen MR) is 57.9 cm³/mol. The Kier molecular flexibility index (Phi) is 3.51. The van der Waals surface area contributed by atoms with Crippen LogP contribution in [0.4, 0.5) is 0 Å². The number of nitrogens with one attached hydrogen (secondary N) is 1. The molecule has 2 fully saturated rings. The third-order valence-electron chi connectivity index (χ3n) is 3.25. The molecule has 2 heterocycles. The molecule has 2 rings (SSSR count). The van der Waals surface area contributed by atoms with Crippen LogP contribution in [0.2, 0.25) is 0 Å². The molecule has 0 aliphatic carbocycles. The Labute approximate surface area is 95.7 Å². The maximum Gasteiger partial charge on any atom is 0.163 e. The molecule has 0 amide bonds. The minimum absolute atomic E-state index is 0.309. The summed E-state index contributed by atoms with van der Waals surface area (Å²) in [6.45, 7) is 4.85. The highest BCUT2D eigenvalue weighted by Crippen LogP contribution is 2.26. The second-order valence-electron chi connectivity index (χ2n) is 5.05. The van der Waals surface area contributed by atoms with E-state index in [2.05, 4.69) is 5.32 Å². The van der Waals surface area contributed by atoms with Gasteiger partial charge in [0, 0.05) is 0 Å². The monoisotopic (exact) mass is 231 g/mol. The summed E-state index contributed by atoms with van der Waals surface area (Å²) in [5.41, 5.74) is 0. The molecule has 0 saturated carbocycles. The molecule has 0 aromatic heterocycles. The van der Waals surface area contributed by atoms with Gasteiger partial charge >= 0.3 is 0 Å². The Balaban J connectivity index is 1.94. The van der Waals surface area contributed by atoms with E-state index in [0.717, 1.165) is 19.4 Å². The van der Waals surface area contributed by atoms with Gasteiger partial charge in [0.15, 0.2) is 5.79 Å². The van der Waals surface area contributed by atoms with Crippen molar-refractivity contribution >= 4 is 0 Å². The molecule has 2 aliphatic heterocycles. The Bertz CT molecular complexity index is 246. The topological polar surface area (TPSA) is 71.0 Å². The van der Waals surface area contributed by atoms with Crippen molar-refractivity contribution in [3.8, 4) is 0 Å². The average Bonchev–Trinajstić information content (AvgIpc) is 2.59. The van der Waals surface area contributed by atoms with Gasteiger partial charge < -0.3 is 25.0 Å². The van der Waals surface area contributed by atoms with Crippen LogP contribution in [0.15, 0.2) is 0 Å². The molecular formula is C11H21NO4. The smallest absolute Gasteiger partial charge is 0.163 e. The molecule has 0 bridgehead atoms. The van der Waals surface area contributed by atoms with Crippen molar-refractivity contribution in [2.45, 2.75) is 56.8 Å². The van der Waals surface area contributed by atoms with Crippen LogP contribution in [-0.4, -0.2) is 53.5 Å². The summed E-state index contributed by atoms with van der Waals surface area (Å²) in [5, 5.41) is 23.1. The molecular weight excluding hydrogens is 210 g/mol. The largest absolute Gasteiger partial charge is 0.391 e. The molecule has 5 heteroatoms. The van der Waals surface area contributed by atoms with Gasteiger partial charge in [-0.15, -0.1) is 0 Å². The molecule has 5 nitrogen and oxygen atoms in total. The number of ether oxygens (including phenoxy) is 2. The highest BCUT2D eigenvalue weighted by atomic mass is 16.7. The Morgan fingerprint density at radius 2 is 2.19 bits per heavy atom. The third-order valence-corrected chi connectivity index (χ3v) is 3.25. The second kappa shape index (κ2) is 4.58. The average molecular weight is 231 g/mol. The molecule has 16 heavy (non-hydrogen) atoms. The molecule has 3 N–H and O–H groups in total. The van der Waals surface area contributed by atoms with Crippen LogP contribution in [0.5, 0.6) is 0 Å². The lowest BCUT2D eigenvalue weighted by Crippen LogP contribution is -2.56. The standard InChI is InChI=1S/C11H21NO4/c1-11(2)15-6-8(16-11)10(14)9-7(13)4-3-5-12-9/h7-10,12-14H,3-6H2,1-2H3/t7-,8-,9+,10-/m1/s1. The van der Waals surface area contributed by atoms with Crippen molar-refractivity contribution in [1.29, 1.82) is 0 Å². The van der Waals surface area contributed by atoms with Crippen LogP contribution in [0.1, 0.15) is 26.7 Å². The second-order valence-corrected chi connectivity index (χ2v) is 5.05. The molecule has 2 aliphatic rings. The van der Waals surface area contributed by atoms with E-state index < -0.39 is 18.0 Å². The molecule has 0 spiro atoms. The number of hydrogen-bond acceptors (Lipinski definition) is 5. The SMILES string of the molecule is CC1(C)OC[C@H]([C@@H](O)[C@H]2NCCC[C@H]2O)O1. The summed E-state index contributed by atoms with van der Waals surface area (Å²) < 4.78 is 11.0. The third kappa shape index (κ3) is 2.55. The van der Waals surface area contributed by atoms with E-state index in [1.807, 2.05) is 13.8 Å². The lowest BCUT2D eigenvalue weighted by atomic mass is 9.94. The van der Waals surface area contributed by atoms with Gasteiger partial charge in [0.25, 0.3) is 0 Å². The van der Waals surface area contributed by atoms with Gasteiger partial charge in [-0.3, -0.25) is 0 Å². The van der Waals surface area contributed by atoms with Crippen molar-refractivity contribution in [2.24, 2.45) is 0 Å². The van der Waals surface area contributed by atoms with Crippen LogP contribution in [0.25, 0.3) is 0 Å². The van der Waals surface area contributed by atoms with Crippen molar-refractivity contribution in [3.63, 3.8) is 0 Å². The lowest BCUT2D eigenvalue weighted by Gasteiger charge is -2.34. The minimum Gasteiger partial charge on any atom is -0.391 e. The minimum atomic E-state index is -0.725. The highest BCUT2D eigenvalue weighted by molar-refractivity contribution is 4.92. The fraction of sp³-hybridized carbons (Fsp3) is 1.00. The molecule has 0 radical (unpaired) electrons. The number of rotatable bonds is 2. The summed E-state index contributed by atoms with van der Waals surface area (Å²) in [6, 6.07) is -0.309. The number of aliphatic hydroxyl groups excluding tert-OH is 2. The van der Waals surface area contributed by atoms with Gasteiger partial charge in [0.05, 0.1) is 18.8 Å². The first-order valence-electron chi connectivity index (χ1n) is 5.91. The van der Waals surface area contributed by atoms with Gasteiger partial charge in [0.2, 0.25) is 0 Å². The Morgan fingerprint density at radius 3 is 2.75 bits per heavy atom. The zero-order chi connectivity index (χ0) is 11.8. The van der Waals surface area contributed by atoms with E-state index in [-0.39, 0.29) is 12.1 Å². The molecule has 2 saturated heterocycles. The first-order valence-corrected chi connectivity index (χ1v) is 5.91. The van der Waals surface area contributed by atoms with Gasteiger partial charge in [0.1, 0.15) is 12.2 Å². The molecule has 0 unspecified atom stereocenters. The lowest BCUT2D eigenvalue weighted by molar-refractivity contribution is -0.157. The van der Waals surface area contributed by atoms with E-state index in [1.54, 1.807) is 0 Å². The van der Waals surface area contributed by atoms with Gasteiger partial charge in [-0.05, 0) is 33.2 Å². The summed E-state index contributed by atoms with van der Waals surface area (Å²) in [4.78, 5) is 0. The van der Waals surface area contributed by atoms with Crippen LogP contribution in [0.3, 0.4) is 0 Å². The first kappa shape index (κ1) is 12.3. The zero-order valence-corrected chi connectivity index (χ0v) is 9.85. The Morgan fingerprint density at radius 1 is 1.44 bits per heavy atom. The molecule has 94 valence electrons. The van der Waals surface area contributed by atoms with E-state index in [9.17, 15) is 10.2 Å². The highest BCUT2D eigenvalue weighted by Gasteiger charge is 2.42.